The minimum absolute atomic E-state index is 0.0365. The van der Waals surface area contributed by atoms with Crippen LogP contribution in [0, 0.1) is 11.8 Å². The Balaban J connectivity index is 1.88. The van der Waals surface area contributed by atoms with Crippen molar-refractivity contribution in [2.24, 2.45) is 11.8 Å². The van der Waals surface area contributed by atoms with Crippen molar-refractivity contribution in [2.45, 2.75) is 64.3 Å². The number of nitrogens with one attached hydrogen (secondary N) is 1. The van der Waals surface area contributed by atoms with E-state index in [1.54, 1.807) is 4.90 Å². The number of hydrogen-bond acceptors (Lipinski definition) is 3. The maximum absolute atomic E-state index is 12.7. The zero-order chi connectivity index (χ0) is 18.4. The Bertz CT molecular complexity index is 507. The molecule has 1 atom stereocenters. The van der Waals surface area contributed by atoms with E-state index in [4.69, 9.17) is 9.79 Å². The molecule has 2 amide bonds. The molecule has 0 aromatic rings. The maximum atomic E-state index is 12.7. The van der Waals surface area contributed by atoms with Gasteiger partial charge in [-0.1, -0.05) is 32.1 Å². The molecule has 0 spiro atoms. The largest absolute Gasteiger partial charge is 0.345 e. The van der Waals surface area contributed by atoms with Crippen LogP contribution in [0.3, 0.4) is 0 Å². The van der Waals surface area contributed by atoms with Crippen molar-refractivity contribution in [3.8, 4) is 0 Å². The summed E-state index contributed by atoms with van der Waals surface area (Å²) in [5.41, 5.74) is 0. The number of likely N-dealkylation sites (tertiary alicyclic amines) is 1. The van der Waals surface area contributed by atoms with Crippen LogP contribution in [0.5, 0.6) is 0 Å². The van der Waals surface area contributed by atoms with Crippen molar-refractivity contribution in [3.05, 3.63) is 0 Å². The van der Waals surface area contributed by atoms with Gasteiger partial charge in [0.05, 0.1) is 6.16 Å². The highest BCUT2D eigenvalue weighted by Crippen LogP contribution is 2.37. The third-order valence-corrected chi connectivity index (χ3v) is 6.39. The molecule has 1 saturated carbocycles. The van der Waals surface area contributed by atoms with Gasteiger partial charge in [-0.3, -0.25) is 14.2 Å². The Morgan fingerprint density at radius 3 is 2.16 bits per heavy atom. The van der Waals surface area contributed by atoms with E-state index in [1.165, 1.54) is 39.0 Å². The summed E-state index contributed by atoms with van der Waals surface area (Å²) in [6.07, 6.45) is 8.11. The summed E-state index contributed by atoms with van der Waals surface area (Å²) in [6, 6.07) is -0.851. The fourth-order valence-corrected chi connectivity index (χ4v) is 4.81. The van der Waals surface area contributed by atoms with E-state index in [1.807, 2.05) is 0 Å². The predicted octanol–water partition coefficient (Wildman–Crippen LogP) is 1.88. The smallest absolute Gasteiger partial charge is 0.325 e. The molecule has 0 unspecified atom stereocenters. The third-order valence-electron chi connectivity index (χ3n) is 5.55. The number of hydrogen-bond donors (Lipinski definition) is 3. The fourth-order valence-electron chi connectivity index (χ4n) is 4.22. The lowest BCUT2D eigenvalue weighted by molar-refractivity contribution is -0.137. The first kappa shape index (κ1) is 20.4. The topological polar surface area (TPSA) is 107 Å². The highest BCUT2D eigenvalue weighted by atomic mass is 31.2. The van der Waals surface area contributed by atoms with Crippen LogP contribution < -0.4 is 5.32 Å². The standard InChI is InChI=1S/C17H31N2O5P/c1-13(20)18-16(9-12-25(22,23)24)17(21)19-10-7-15(8-11-19)14-5-3-2-4-6-14/h14-16H,2-12H2,1H3,(H,18,20)(H2,22,23,24)/t16-/m0/s1. The molecule has 25 heavy (non-hydrogen) atoms. The second-order valence-electron chi connectivity index (χ2n) is 7.49. The third kappa shape index (κ3) is 6.72. The van der Waals surface area contributed by atoms with Crippen LogP contribution in [0.1, 0.15) is 58.3 Å². The van der Waals surface area contributed by atoms with E-state index in [2.05, 4.69) is 5.32 Å². The molecule has 144 valence electrons. The number of nitrogens with zero attached hydrogens (tertiary/aromatic N) is 1. The molecular weight excluding hydrogens is 343 g/mol. The van der Waals surface area contributed by atoms with Crippen LogP contribution in [0.2, 0.25) is 0 Å². The van der Waals surface area contributed by atoms with Crippen LogP contribution in [-0.2, 0) is 14.2 Å². The molecule has 0 radical (unpaired) electrons. The zero-order valence-corrected chi connectivity index (χ0v) is 15.9. The summed E-state index contributed by atoms with van der Waals surface area (Å²) < 4.78 is 11.1. The van der Waals surface area contributed by atoms with E-state index < -0.39 is 19.8 Å². The molecule has 8 heteroatoms. The van der Waals surface area contributed by atoms with Crippen molar-refractivity contribution in [1.29, 1.82) is 0 Å². The van der Waals surface area contributed by atoms with Gasteiger partial charge in [-0.05, 0) is 31.1 Å². The molecule has 7 nitrogen and oxygen atoms in total. The Labute approximate surface area is 149 Å². The van der Waals surface area contributed by atoms with Crippen LogP contribution >= 0.6 is 7.60 Å². The lowest BCUT2D eigenvalue weighted by Crippen LogP contribution is -2.51. The van der Waals surface area contributed by atoms with Crippen molar-refractivity contribution < 1.29 is 23.9 Å². The van der Waals surface area contributed by atoms with Gasteiger partial charge in [0, 0.05) is 20.0 Å². The first-order chi connectivity index (χ1) is 11.8. The van der Waals surface area contributed by atoms with Crippen LogP contribution in [0.25, 0.3) is 0 Å². The first-order valence-corrected chi connectivity index (χ1v) is 11.2. The van der Waals surface area contributed by atoms with Gasteiger partial charge in [-0.25, -0.2) is 0 Å². The second-order valence-corrected chi connectivity index (χ2v) is 9.27. The molecular formula is C17H31N2O5P. The summed E-state index contributed by atoms with van der Waals surface area (Å²) >= 11 is 0. The van der Waals surface area contributed by atoms with Crippen molar-refractivity contribution in [3.63, 3.8) is 0 Å². The Morgan fingerprint density at radius 1 is 1.08 bits per heavy atom. The van der Waals surface area contributed by atoms with Gasteiger partial charge in [-0.15, -0.1) is 0 Å². The Kier molecular flexibility index (Phi) is 7.47. The molecule has 0 bridgehead atoms. The number of piperidine rings is 1. The Morgan fingerprint density at radius 2 is 1.64 bits per heavy atom. The van der Waals surface area contributed by atoms with Crippen LogP contribution in [-0.4, -0.2) is 51.8 Å². The van der Waals surface area contributed by atoms with Crippen LogP contribution in [0.4, 0.5) is 0 Å². The number of carbonyl (C=O) groups is 2. The molecule has 3 N–H and O–H groups in total. The maximum Gasteiger partial charge on any atom is 0.325 e. The highest BCUT2D eigenvalue weighted by molar-refractivity contribution is 7.51. The summed E-state index contributed by atoms with van der Waals surface area (Å²) in [4.78, 5) is 43.9. The normalized spacial score (nSPS) is 21.8. The monoisotopic (exact) mass is 374 g/mol. The second kappa shape index (κ2) is 9.15. The van der Waals surface area contributed by atoms with Gasteiger partial charge in [0.25, 0.3) is 0 Å². The van der Waals surface area contributed by atoms with Crippen molar-refractivity contribution in [2.75, 3.05) is 19.3 Å². The van der Waals surface area contributed by atoms with Gasteiger partial charge in [0.1, 0.15) is 6.04 Å². The van der Waals surface area contributed by atoms with Gasteiger partial charge in [0.2, 0.25) is 11.8 Å². The summed E-state index contributed by atoms with van der Waals surface area (Å²) in [7, 11) is -4.19. The van der Waals surface area contributed by atoms with E-state index >= 15 is 0 Å². The molecule has 2 rings (SSSR count). The van der Waals surface area contributed by atoms with E-state index in [9.17, 15) is 14.2 Å². The lowest BCUT2D eigenvalue weighted by Gasteiger charge is -2.38. The number of rotatable bonds is 6. The average molecular weight is 374 g/mol. The summed E-state index contributed by atoms with van der Waals surface area (Å²) in [6.45, 7) is 2.66. The highest BCUT2D eigenvalue weighted by Gasteiger charge is 2.32. The van der Waals surface area contributed by atoms with Gasteiger partial charge in [0.15, 0.2) is 0 Å². The van der Waals surface area contributed by atoms with Gasteiger partial charge >= 0.3 is 7.60 Å². The van der Waals surface area contributed by atoms with Gasteiger partial charge < -0.3 is 20.0 Å². The molecule has 1 saturated heterocycles. The van der Waals surface area contributed by atoms with E-state index in [-0.39, 0.29) is 18.2 Å². The Hall–Kier alpha value is -0.910. The van der Waals surface area contributed by atoms with E-state index in [0.717, 1.165) is 18.8 Å². The SMILES string of the molecule is CC(=O)N[C@@H](CCP(=O)(O)O)C(=O)N1CCC(C2CCCCC2)CC1. The lowest BCUT2D eigenvalue weighted by atomic mass is 9.76. The molecule has 2 aliphatic rings. The molecule has 0 aromatic carbocycles. The predicted molar refractivity (Wildman–Crippen MR) is 95.0 cm³/mol. The summed E-state index contributed by atoms with van der Waals surface area (Å²) in [5.74, 6) is 0.886. The molecule has 1 aliphatic heterocycles. The molecule has 2 fully saturated rings. The quantitative estimate of drug-likeness (QED) is 0.616. The minimum Gasteiger partial charge on any atom is -0.345 e. The fraction of sp³-hybridized carbons (Fsp3) is 0.882. The minimum atomic E-state index is -4.19. The molecule has 1 aliphatic carbocycles. The zero-order valence-electron chi connectivity index (χ0n) is 15.0. The number of amides is 2. The van der Waals surface area contributed by atoms with Crippen LogP contribution in [0.15, 0.2) is 0 Å². The molecule has 0 aromatic heterocycles. The number of carbonyl (C=O) groups excluding carboxylic acids is 2. The van der Waals surface area contributed by atoms with Crippen molar-refractivity contribution in [1.82, 2.24) is 10.2 Å². The first-order valence-electron chi connectivity index (χ1n) is 9.37. The van der Waals surface area contributed by atoms with E-state index in [0.29, 0.717) is 19.0 Å². The van der Waals surface area contributed by atoms with Crippen molar-refractivity contribution >= 4 is 19.4 Å². The average Bonchev–Trinajstić information content (AvgIpc) is 2.58. The summed E-state index contributed by atoms with van der Waals surface area (Å²) in [5, 5.41) is 2.55. The van der Waals surface area contributed by atoms with Gasteiger partial charge in [-0.2, -0.15) is 0 Å². The molecule has 1 heterocycles.